The molecule has 0 unspecified atom stereocenters. The van der Waals surface area contributed by atoms with Gasteiger partial charge < -0.3 is 25.2 Å². The van der Waals surface area contributed by atoms with E-state index in [1.54, 1.807) is 41.5 Å². The second-order valence-corrected chi connectivity index (χ2v) is 5.33. The molecular weight excluding hydrogens is 320 g/mol. The van der Waals surface area contributed by atoms with Crippen LogP contribution in [0.25, 0.3) is 0 Å². The molecule has 132 valence electrons. The predicted molar refractivity (Wildman–Crippen MR) is 79.2 cm³/mol. The first-order valence-corrected chi connectivity index (χ1v) is 7.64. The van der Waals surface area contributed by atoms with Gasteiger partial charge in [0.05, 0.1) is 0 Å². The molecule has 0 bridgehead atoms. The van der Waals surface area contributed by atoms with Crippen molar-refractivity contribution in [3.8, 4) is 0 Å². The van der Waals surface area contributed by atoms with Gasteiger partial charge in [-0.3, -0.25) is 0 Å². The summed E-state index contributed by atoms with van der Waals surface area (Å²) in [7, 11) is 0. The van der Waals surface area contributed by atoms with E-state index in [9.17, 15) is 25.2 Å². The summed E-state index contributed by atoms with van der Waals surface area (Å²) in [5.74, 6) is -0.925. The van der Waals surface area contributed by atoms with E-state index < -0.39 is 24.3 Å². The molecule has 6 heteroatoms. The summed E-state index contributed by atoms with van der Waals surface area (Å²) in [6, 6.07) is 0. The van der Waals surface area contributed by atoms with E-state index in [0.29, 0.717) is 0 Å². The molecule has 0 amide bonds. The third-order valence-corrected chi connectivity index (χ3v) is 1.23. The third-order valence-electron chi connectivity index (χ3n) is 1.23. The number of hydrogen-bond acceptors (Lipinski definition) is 5. The van der Waals surface area contributed by atoms with E-state index in [0.717, 1.165) is 25.7 Å². The number of carboxylic acids is 1. The molecule has 0 aromatic heterocycles. The number of unbranched alkanes of at least 4 members (excludes halogenated alkanes) is 3. The number of rotatable bonds is 5. The maximum atomic E-state index is 9.85. The maximum absolute atomic E-state index is 9.85. The van der Waals surface area contributed by atoms with Crippen molar-refractivity contribution < 1.29 is 46.9 Å². The topological polar surface area (TPSA) is 109 Å². The van der Waals surface area contributed by atoms with Crippen LogP contribution in [0.4, 0.5) is 0 Å². The molecule has 0 saturated heterocycles. The predicted octanol–water partition coefficient (Wildman–Crippen LogP) is -0.0305. The number of carbonyl (C=O) groups excluding carboxylic acids is 1. The van der Waals surface area contributed by atoms with Gasteiger partial charge in [0, 0.05) is 5.97 Å². The zero-order chi connectivity index (χ0) is 17.8. The smallest absolute Gasteiger partial charge is 0.852 e. The van der Waals surface area contributed by atoms with E-state index in [1.165, 1.54) is 0 Å². The molecule has 0 aliphatic carbocycles. The standard InChI is InChI=1S/C7H14O2.3C3H7O.Ti/c1-2-3-4-5-6-7(8)9;3*1-3(2)4;/h2-6H2,1H3,(H,8,9);3*3H,1-2H3;/q;3*-1;+4/p-1. The van der Waals surface area contributed by atoms with Crippen molar-refractivity contribution in [2.45, 2.75) is 98.9 Å². The Morgan fingerprint density at radius 1 is 0.773 bits per heavy atom. The van der Waals surface area contributed by atoms with Gasteiger partial charge in [-0.1, -0.05) is 67.7 Å². The van der Waals surface area contributed by atoms with Crippen molar-refractivity contribution >= 4 is 5.97 Å². The van der Waals surface area contributed by atoms with Gasteiger partial charge in [0.15, 0.2) is 0 Å². The van der Waals surface area contributed by atoms with Crippen molar-refractivity contribution in [2.75, 3.05) is 0 Å². The first-order chi connectivity index (χ1) is 9.47. The van der Waals surface area contributed by atoms with Crippen LogP contribution in [0, 0.1) is 0 Å². The molecule has 0 fully saturated rings. The minimum absolute atomic E-state index is 0. The minimum Gasteiger partial charge on any atom is -0.852 e. The van der Waals surface area contributed by atoms with Crippen molar-refractivity contribution in [1.82, 2.24) is 0 Å². The molecule has 0 atom stereocenters. The molecule has 0 rings (SSSR count). The van der Waals surface area contributed by atoms with Crippen LogP contribution in [0.2, 0.25) is 0 Å². The number of aliphatic carboxylic acids is 1. The first-order valence-electron chi connectivity index (χ1n) is 7.64. The summed E-state index contributed by atoms with van der Waals surface area (Å²) in [5.41, 5.74) is 0. The van der Waals surface area contributed by atoms with Crippen LogP contribution < -0.4 is 20.4 Å². The summed E-state index contributed by atoms with van der Waals surface area (Å²) >= 11 is 0. The molecule has 0 spiro atoms. The summed E-state index contributed by atoms with van der Waals surface area (Å²) in [6.07, 6.45) is 3.04. The summed E-state index contributed by atoms with van der Waals surface area (Å²) in [6.45, 7) is 11.8. The summed E-state index contributed by atoms with van der Waals surface area (Å²) in [5, 5.41) is 38.4. The second-order valence-electron chi connectivity index (χ2n) is 5.33. The number of carboxylic acid groups (broad SMARTS) is 1. The monoisotopic (exact) mass is 354 g/mol. The van der Waals surface area contributed by atoms with Gasteiger partial charge in [0.25, 0.3) is 0 Å². The van der Waals surface area contributed by atoms with Crippen LogP contribution in [0.3, 0.4) is 0 Å². The average molecular weight is 354 g/mol. The van der Waals surface area contributed by atoms with Crippen LogP contribution in [0.15, 0.2) is 0 Å². The molecule has 0 aliphatic rings. The number of carbonyl (C=O) groups is 1. The van der Waals surface area contributed by atoms with E-state index >= 15 is 0 Å². The third kappa shape index (κ3) is 198. The fraction of sp³-hybridized carbons (Fsp3) is 0.938. The maximum Gasteiger partial charge on any atom is 4.00 e. The fourth-order valence-electron chi connectivity index (χ4n) is 0.696. The van der Waals surface area contributed by atoms with E-state index in [2.05, 4.69) is 6.92 Å². The molecule has 0 aromatic rings. The Morgan fingerprint density at radius 2 is 1.05 bits per heavy atom. The second kappa shape index (κ2) is 29.1. The van der Waals surface area contributed by atoms with Gasteiger partial charge in [-0.2, -0.15) is 0 Å². The fourth-order valence-corrected chi connectivity index (χ4v) is 0.696. The van der Waals surface area contributed by atoms with Crippen LogP contribution >= 0.6 is 0 Å². The van der Waals surface area contributed by atoms with Gasteiger partial charge >= 0.3 is 21.7 Å². The summed E-state index contributed by atoms with van der Waals surface area (Å²) < 4.78 is 0. The Balaban J connectivity index is -0.0000000632. The van der Waals surface area contributed by atoms with Crippen molar-refractivity contribution in [2.24, 2.45) is 0 Å². The van der Waals surface area contributed by atoms with Crippen LogP contribution in [-0.4, -0.2) is 24.3 Å². The molecule has 0 aromatic carbocycles. The zero-order valence-electron chi connectivity index (χ0n) is 15.3. The van der Waals surface area contributed by atoms with Gasteiger partial charge in [-0.15, -0.1) is 18.3 Å². The molecule has 5 nitrogen and oxygen atoms in total. The Kier molecular flexibility index (Phi) is 44.5. The zero-order valence-corrected chi connectivity index (χ0v) is 16.9. The molecule has 0 aliphatic heterocycles. The van der Waals surface area contributed by atoms with Crippen molar-refractivity contribution in [3.05, 3.63) is 0 Å². The van der Waals surface area contributed by atoms with E-state index in [4.69, 9.17) is 0 Å². The average Bonchev–Trinajstić information content (AvgIpc) is 2.21. The van der Waals surface area contributed by atoms with Gasteiger partial charge in [0.2, 0.25) is 0 Å². The minimum atomic E-state index is -0.925. The first kappa shape index (κ1) is 33.6. The van der Waals surface area contributed by atoms with E-state index in [1.807, 2.05) is 0 Å². The van der Waals surface area contributed by atoms with Crippen molar-refractivity contribution in [3.63, 3.8) is 0 Å². The van der Waals surface area contributed by atoms with Crippen LogP contribution in [0.1, 0.15) is 80.6 Å². The molecule has 0 N–H and O–H groups in total. The molecular formula is C16H34O5Ti. The quantitative estimate of drug-likeness (QED) is 0.509. The Labute approximate surface area is 152 Å². The van der Waals surface area contributed by atoms with Gasteiger partial charge in [-0.25, -0.2) is 0 Å². The van der Waals surface area contributed by atoms with E-state index in [-0.39, 0.29) is 28.1 Å². The van der Waals surface area contributed by atoms with Gasteiger partial charge in [-0.05, 0) is 12.8 Å². The Bertz CT molecular complexity index is 163. The largest absolute Gasteiger partial charge is 4.00 e. The van der Waals surface area contributed by atoms with Gasteiger partial charge in [0.1, 0.15) is 0 Å². The molecule has 0 heterocycles. The normalized spacial score (nSPS) is 8.77. The Morgan fingerprint density at radius 3 is 1.23 bits per heavy atom. The van der Waals surface area contributed by atoms with Crippen LogP contribution in [-0.2, 0) is 26.5 Å². The SMILES string of the molecule is CC(C)[O-].CC(C)[O-].CC(C)[O-].CCCCCCC(=O)[O-].[Ti+4]. The molecule has 0 saturated carbocycles. The molecule has 0 radical (unpaired) electrons. The summed E-state index contributed by atoms with van der Waals surface area (Å²) in [4.78, 5) is 9.85. The number of hydrogen-bond donors (Lipinski definition) is 0. The Hall–Kier alpha value is 0.0643. The molecule has 22 heavy (non-hydrogen) atoms. The van der Waals surface area contributed by atoms with Crippen LogP contribution in [0.5, 0.6) is 0 Å². The van der Waals surface area contributed by atoms with Crippen molar-refractivity contribution in [1.29, 1.82) is 0 Å².